The highest BCUT2D eigenvalue weighted by atomic mass is 32.1. The smallest absolute Gasteiger partial charge is 0.394 e. The fourth-order valence-electron chi connectivity index (χ4n) is 4.21. The van der Waals surface area contributed by atoms with Gasteiger partial charge in [-0.3, -0.25) is 9.59 Å². The van der Waals surface area contributed by atoms with Gasteiger partial charge in [-0.05, 0) is 32.8 Å². The fraction of sp³-hybridized carbons (Fsp3) is 0.542. The molecule has 1 aliphatic heterocycles. The van der Waals surface area contributed by atoms with E-state index in [2.05, 4.69) is 10.3 Å². The number of nitrogens with zero attached hydrogens (tertiary/aromatic N) is 2. The Kier molecular flexibility index (Phi) is 9.08. The molecule has 17 heteroatoms. The number of hydrogen-bond acceptors (Lipinski definition) is 7. The lowest BCUT2D eigenvalue weighted by molar-refractivity contribution is -0.376. The van der Waals surface area contributed by atoms with Crippen LogP contribution in [0.3, 0.4) is 0 Å². The molecule has 0 saturated carbocycles. The van der Waals surface area contributed by atoms with Crippen molar-refractivity contribution in [3.8, 4) is 10.4 Å². The topological polar surface area (TPSA) is 123 Å². The van der Waals surface area contributed by atoms with Gasteiger partial charge in [-0.15, -0.1) is 11.3 Å². The zero-order valence-corrected chi connectivity index (χ0v) is 22.2. The lowest BCUT2D eigenvalue weighted by Crippen LogP contribution is -2.54. The van der Waals surface area contributed by atoms with E-state index in [0.717, 1.165) is 0 Å². The SMILES string of the molecule is CC(C)(O)CNC(=O)c1nc(C(=O)N2CCC[C@@H]2CO)c(-c2ccc(C(O)(C(F)(F)F)C(F)(F)F)cc2C(F)F)s1. The molecule has 4 N–H and O–H groups in total. The van der Waals surface area contributed by atoms with Crippen molar-refractivity contribution < 1.29 is 60.0 Å². The van der Waals surface area contributed by atoms with Crippen LogP contribution in [0.15, 0.2) is 18.2 Å². The molecular weight excluding hydrogens is 594 g/mol. The van der Waals surface area contributed by atoms with Crippen LogP contribution in [0.5, 0.6) is 0 Å². The summed E-state index contributed by atoms with van der Waals surface area (Å²) in [6.07, 6.45) is -15.5. The minimum absolute atomic E-state index is 0.117. The molecule has 1 aromatic carbocycles. The van der Waals surface area contributed by atoms with Gasteiger partial charge in [0, 0.05) is 29.8 Å². The van der Waals surface area contributed by atoms with Crippen LogP contribution in [0.25, 0.3) is 10.4 Å². The second-order valence-corrected chi connectivity index (χ2v) is 11.0. The van der Waals surface area contributed by atoms with E-state index >= 15 is 0 Å². The number of rotatable bonds is 8. The quantitative estimate of drug-likeness (QED) is 0.330. The Morgan fingerprint density at radius 1 is 1.12 bits per heavy atom. The molecule has 0 unspecified atom stereocenters. The maximum absolute atomic E-state index is 14.1. The summed E-state index contributed by atoms with van der Waals surface area (Å²) in [6.45, 7) is 2.07. The van der Waals surface area contributed by atoms with Crippen LogP contribution >= 0.6 is 11.3 Å². The summed E-state index contributed by atoms with van der Waals surface area (Å²) in [7, 11) is 0. The maximum Gasteiger partial charge on any atom is 0.430 e. The highest BCUT2D eigenvalue weighted by Crippen LogP contribution is 2.51. The number of amides is 2. The molecule has 1 aromatic heterocycles. The van der Waals surface area contributed by atoms with Crippen molar-refractivity contribution in [3.05, 3.63) is 40.0 Å². The number of halogens is 8. The molecule has 1 aliphatic rings. The van der Waals surface area contributed by atoms with Crippen LogP contribution < -0.4 is 5.32 Å². The predicted octanol–water partition coefficient (Wildman–Crippen LogP) is 4.16. The first-order valence-corrected chi connectivity index (χ1v) is 12.8. The number of alkyl halides is 8. The number of carbonyl (C=O) groups is 2. The maximum atomic E-state index is 14.1. The summed E-state index contributed by atoms with van der Waals surface area (Å²) in [6, 6.07) is -0.239. The van der Waals surface area contributed by atoms with Crippen molar-refractivity contribution in [2.24, 2.45) is 0 Å². The number of aliphatic hydroxyl groups excluding tert-OH is 1. The largest absolute Gasteiger partial charge is 0.430 e. The van der Waals surface area contributed by atoms with Crippen molar-refractivity contribution in [2.75, 3.05) is 19.7 Å². The average molecular weight is 620 g/mol. The molecule has 2 amide bonds. The van der Waals surface area contributed by atoms with E-state index in [9.17, 15) is 60.0 Å². The van der Waals surface area contributed by atoms with Crippen LogP contribution in [0.1, 0.15) is 64.5 Å². The Morgan fingerprint density at radius 2 is 1.73 bits per heavy atom. The first-order chi connectivity index (χ1) is 18.7. The summed E-state index contributed by atoms with van der Waals surface area (Å²) in [4.78, 5) is 30.8. The van der Waals surface area contributed by atoms with Crippen molar-refractivity contribution in [1.29, 1.82) is 0 Å². The summed E-state index contributed by atoms with van der Waals surface area (Å²) in [5, 5.41) is 31.0. The molecule has 1 fully saturated rings. The number of likely N-dealkylation sites (tertiary alicyclic amines) is 1. The monoisotopic (exact) mass is 619 g/mol. The standard InChI is InChI=1S/C24H25F8N3O5S/c1-21(2,39)10-33-18(37)19-34-15(20(38)35-7-3-4-12(35)9-36)16(41-19)13-6-5-11(8-14(13)17(25)26)22(40,23(27,28)29)24(30,31)32/h5-6,8,12,17,36,39-40H,3-4,7,9-10H2,1-2H3,(H,33,37)/t12-/m1/s1. The summed E-state index contributed by atoms with van der Waals surface area (Å²) < 4.78 is 109. The number of carbonyl (C=O) groups excluding carboxylic acids is 2. The zero-order chi connectivity index (χ0) is 31.1. The van der Waals surface area contributed by atoms with Gasteiger partial charge in [0.25, 0.3) is 23.8 Å². The highest BCUT2D eigenvalue weighted by molar-refractivity contribution is 7.17. The third kappa shape index (κ3) is 6.47. The Morgan fingerprint density at radius 3 is 2.24 bits per heavy atom. The Hall–Kier alpha value is -2.89. The molecule has 0 spiro atoms. The summed E-state index contributed by atoms with van der Waals surface area (Å²) >= 11 is 0.368. The van der Waals surface area contributed by atoms with Gasteiger partial charge in [0.15, 0.2) is 5.01 Å². The van der Waals surface area contributed by atoms with Gasteiger partial charge < -0.3 is 25.5 Å². The van der Waals surface area contributed by atoms with Gasteiger partial charge >= 0.3 is 12.4 Å². The number of thiazole rings is 1. The van der Waals surface area contributed by atoms with E-state index in [1.165, 1.54) is 18.7 Å². The number of aromatic nitrogens is 1. The molecule has 2 aromatic rings. The van der Waals surface area contributed by atoms with Crippen molar-refractivity contribution in [2.45, 2.75) is 62.7 Å². The zero-order valence-electron chi connectivity index (χ0n) is 21.4. The predicted molar refractivity (Wildman–Crippen MR) is 128 cm³/mol. The Labute approximate surface area is 231 Å². The molecule has 0 radical (unpaired) electrons. The molecule has 1 atom stereocenters. The number of hydrogen-bond donors (Lipinski definition) is 4. The number of nitrogens with one attached hydrogen (secondary N) is 1. The van der Waals surface area contributed by atoms with E-state index in [0.29, 0.717) is 30.2 Å². The third-order valence-electron chi connectivity index (χ3n) is 6.32. The molecule has 41 heavy (non-hydrogen) atoms. The van der Waals surface area contributed by atoms with E-state index in [1.54, 1.807) is 0 Å². The van der Waals surface area contributed by atoms with Gasteiger partial charge in [-0.2, -0.15) is 26.3 Å². The minimum atomic E-state index is -6.33. The Bertz CT molecular complexity index is 1280. The second-order valence-electron chi connectivity index (χ2n) is 9.98. The molecule has 0 bridgehead atoms. The van der Waals surface area contributed by atoms with Crippen LogP contribution in [-0.4, -0.2) is 80.7 Å². The fourth-order valence-corrected chi connectivity index (χ4v) is 5.23. The third-order valence-corrected chi connectivity index (χ3v) is 7.41. The van der Waals surface area contributed by atoms with Gasteiger partial charge in [-0.1, -0.05) is 12.1 Å². The molecule has 228 valence electrons. The van der Waals surface area contributed by atoms with Crippen LogP contribution in [0.4, 0.5) is 35.1 Å². The van der Waals surface area contributed by atoms with Crippen molar-refractivity contribution in [1.82, 2.24) is 15.2 Å². The highest BCUT2D eigenvalue weighted by Gasteiger charge is 2.71. The number of benzene rings is 1. The van der Waals surface area contributed by atoms with Gasteiger partial charge in [0.1, 0.15) is 5.69 Å². The van der Waals surface area contributed by atoms with E-state index in [-0.39, 0.29) is 25.2 Å². The first kappa shape index (κ1) is 32.6. The lowest BCUT2D eigenvalue weighted by Gasteiger charge is -2.33. The Balaban J connectivity index is 2.22. The molecular formula is C24H25F8N3O5S. The van der Waals surface area contributed by atoms with Gasteiger partial charge in [0.2, 0.25) is 0 Å². The minimum Gasteiger partial charge on any atom is -0.394 e. The van der Waals surface area contributed by atoms with Crippen molar-refractivity contribution in [3.63, 3.8) is 0 Å². The van der Waals surface area contributed by atoms with Gasteiger partial charge in [0.05, 0.1) is 23.1 Å². The molecule has 0 aliphatic carbocycles. The molecule has 8 nitrogen and oxygen atoms in total. The number of aliphatic hydroxyl groups is 3. The normalized spacial score (nSPS) is 16.9. The van der Waals surface area contributed by atoms with Crippen molar-refractivity contribution >= 4 is 23.2 Å². The van der Waals surface area contributed by atoms with Gasteiger partial charge in [-0.25, -0.2) is 13.8 Å². The first-order valence-electron chi connectivity index (χ1n) is 11.9. The van der Waals surface area contributed by atoms with E-state index < -0.39 is 86.7 Å². The van der Waals surface area contributed by atoms with Crippen LogP contribution in [-0.2, 0) is 5.60 Å². The van der Waals surface area contributed by atoms with Crippen LogP contribution in [0.2, 0.25) is 0 Å². The average Bonchev–Trinajstić information content (AvgIpc) is 3.51. The summed E-state index contributed by atoms with van der Waals surface area (Å²) in [5.74, 6) is -1.86. The molecule has 2 heterocycles. The van der Waals surface area contributed by atoms with E-state index in [4.69, 9.17) is 0 Å². The molecule has 1 saturated heterocycles. The molecule has 3 rings (SSSR count). The summed E-state index contributed by atoms with van der Waals surface area (Å²) in [5.41, 5.74) is -11.5. The van der Waals surface area contributed by atoms with Crippen LogP contribution in [0, 0.1) is 0 Å². The second kappa shape index (κ2) is 11.4. The van der Waals surface area contributed by atoms with E-state index in [1.807, 2.05) is 0 Å². The lowest BCUT2D eigenvalue weighted by atomic mass is 9.89.